The van der Waals surface area contributed by atoms with Gasteiger partial charge in [-0.25, -0.2) is 9.97 Å². The lowest BCUT2D eigenvalue weighted by Gasteiger charge is -2.08. The normalized spacial score (nSPS) is 10.5. The molecule has 0 aliphatic rings. The molecule has 100 valence electrons. The molecular formula is C16H15N3O. The molecule has 3 rings (SSSR count). The number of anilines is 2. The molecule has 0 atom stereocenters. The molecule has 0 bridgehead atoms. The minimum atomic E-state index is 0.592. The Morgan fingerprint density at radius 2 is 1.80 bits per heavy atom. The number of para-hydroxylation sites is 1. The Bertz CT molecular complexity index is 741. The number of aromatic nitrogens is 2. The van der Waals surface area contributed by atoms with Crippen LogP contribution in [0.4, 0.5) is 11.6 Å². The van der Waals surface area contributed by atoms with E-state index in [-0.39, 0.29) is 0 Å². The first-order valence-corrected chi connectivity index (χ1v) is 6.41. The molecule has 2 aromatic carbocycles. The van der Waals surface area contributed by atoms with E-state index in [1.54, 1.807) is 7.11 Å². The first kappa shape index (κ1) is 12.4. The fourth-order valence-electron chi connectivity index (χ4n) is 2.10. The van der Waals surface area contributed by atoms with Gasteiger partial charge in [-0.3, -0.25) is 0 Å². The molecule has 0 saturated heterocycles. The molecule has 0 saturated carbocycles. The van der Waals surface area contributed by atoms with Gasteiger partial charge in [0.05, 0.1) is 18.3 Å². The molecule has 0 radical (unpaired) electrons. The van der Waals surface area contributed by atoms with Gasteiger partial charge in [0.2, 0.25) is 5.95 Å². The molecule has 3 aromatic rings. The van der Waals surface area contributed by atoms with Gasteiger partial charge >= 0.3 is 0 Å². The van der Waals surface area contributed by atoms with Crippen molar-refractivity contribution >= 4 is 22.5 Å². The maximum atomic E-state index is 5.24. The molecule has 1 N–H and O–H groups in total. The average molecular weight is 265 g/mol. The third-order valence-corrected chi connectivity index (χ3v) is 3.12. The van der Waals surface area contributed by atoms with Crippen LogP contribution in [0, 0.1) is 6.92 Å². The number of hydrogen-bond acceptors (Lipinski definition) is 4. The van der Waals surface area contributed by atoms with Crippen LogP contribution < -0.4 is 10.1 Å². The van der Waals surface area contributed by atoms with Gasteiger partial charge < -0.3 is 10.1 Å². The Kier molecular flexibility index (Phi) is 3.21. The van der Waals surface area contributed by atoms with E-state index in [0.717, 1.165) is 28.0 Å². The Morgan fingerprint density at radius 3 is 2.55 bits per heavy atom. The van der Waals surface area contributed by atoms with Gasteiger partial charge in [-0.05, 0) is 31.2 Å². The smallest absolute Gasteiger partial charge is 0.228 e. The lowest BCUT2D eigenvalue weighted by atomic mass is 10.2. The highest BCUT2D eigenvalue weighted by Crippen LogP contribution is 2.23. The maximum absolute atomic E-state index is 5.24. The largest absolute Gasteiger partial charge is 0.497 e. The van der Waals surface area contributed by atoms with Crippen LogP contribution in [0.3, 0.4) is 0 Å². The SMILES string of the molecule is COc1ccc2c(C)nc(Nc3ccccc3)nc2c1. The first-order valence-electron chi connectivity index (χ1n) is 6.41. The van der Waals surface area contributed by atoms with Gasteiger partial charge in [-0.15, -0.1) is 0 Å². The summed E-state index contributed by atoms with van der Waals surface area (Å²) in [5.74, 6) is 1.38. The van der Waals surface area contributed by atoms with Crippen LogP contribution in [0.2, 0.25) is 0 Å². The number of rotatable bonds is 3. The molecule has 0 spiro atoms. The number of benzene rings is 2. The Balaban J connectivity index is 2.04. The Hall–Kier alpha value is -2.62. The van der Waals surface area contributed by atoms with E-state index < -0.39 is 0 Å². The van der Waals surface area contributed by atoms with E-state index in [9.17, 15) is 0 Å². The van der Waals surface area contributed by atoms with E-state index in [0.29, 0.717) is 5.95 Å². The molecule has 0 aliphatic carbocycles. The van der Waals surface area contributed by atoms with Crippen LogP contribution in [0.15, 0.2) is 48.5 Å². The van der Waals surface area contributed by atoms with Crippen LogP contribution in [-0.2, 0) is 0 Å². The van der Waals surface area contributed by atoms with Crippen LogP contribution >= 0.6 is 0 Å². The quantitative estimate of drug-likeness (QED) is 0.784. The second-order valence-corrected chi connectivity index (χ2v) is 4.51. The summed E-state index contributed by atoms with van der Waals surface area (Å²) in [6.07, 6.45) is 0. The summed E-state index contributed by atoms with van der Waals surface area (Å²) in [5, 5.41) is 4.24. The summed E-state index contributed by atoms with van der Waals surface area (Å²) < 4.78 is 5.24. The molecule has 0 aliphatic heterocycles. The molecule has 0 amide bonds. The van der Waals surface area contributed by atoms with Gasteiger partial charge in [0, 0.05) is 17.1 Å². The van der Waals surface area contributed by atoms with Gasteiger partial charge in [0.15, 0.2) is 0 Å². The molecule has 4 heteroatoms. The standard InChI is InChI=1S/C16H15N3O/c1-11-14-9-8-13(20-2)10-15(14)19-16(17-11)18-12-6-4-3-5-7-12/h3-10H,1-2H3,(H,17,18,19). The van der Waals surface area contributed by atoms with Crippen LogP contribution in [0.25, 0.3) is 10.9 Å². The van der Waals surface area contributed by atoms with Crippen LogP contribution in [0.5, 0.6) is 5.75 Å². The summed E-state index contributed by atoms with van der Waals surface area (Å²) in [6.45, 7) is 1.98. The lowest BCUT2D eigenvalue weighted by Crippen LogP contribution is -1.99. The highest BCUT2D eigenvalue weighted by atomic mass is 16.5. The van der Waals surface area contributed by atoms with E-state index >= 15 is 0 Å². The number of ether oxygens (including phenoxy) is 1. The zero-order valence-corrected chi connectivity index (χ0v) is 11.4. The van der Waals surface area contributed by atoms with Crippen molar-refractivity contribution in [1.29, 1.82) is 0 Å². The monoisotopic (exact) mass is 265 g/mol. The number of methoxy groups -OCH3 is 1. The van der Waals surface area contributed by atoms with Gasteiger partial charge in [-0.2, -0.15) is 0 Å². The molecule has 0 fully saturated rings. The van der Waals surface area contributed by atoms with E-state index in [1.807, 2.05) is 55.5 Å². The number of nitrogens with one attached hydrogen (secondary N) is 1. The minimum absolute atomic E-state index is 0.592. The van der Waals surface area contributed by atoms with Crippen LogP contribution in [0.1, 0.15) is 5.69 Å². The highest BCUT2D eigenvalue weighted by molar-refractivity contribution is 5.83. The molecular weight excluding hydrogens is 250 g/mol. The van der Waals surface area contributed by atoms with Crippen molar-refractivity contribution < 1.29 is 4.74 Å². The topological polar surface area (TPSA) is 47.0 Å². The van der Waals surface area contributed by atoms with Crippen molar-refractivity contribution in [2.24, 2.45) is 0 Å². The third kappa shape index (κ3) is 2.40. The fourth-order valence-corrected chi connectivity index (χ4v) is 2.10. The second-order valence-electron chi connectivity index (χ2n) is 4.51. The maximum Gasteiger partial charge on any atom is 0.228 e. The Morgan fingerprint density at radius 1 is 1.00 bits per heavy atom. The van der Waals surface area contributed by atoms with Crippen molar-refractivity contribution in [3.63, 3.8) is 0 Å². The summed E-state index contributed by atoms with van der Waals surface area (Å²) in [6, 6.07) is 15.7. The van der Waals surface area contributed by atoms with E-state index in [2.05, 4.69) is 15.3 Å². The zero-order valence-electron chi connectivity index (χ0n) is 11.4. The molecule has 1 aromatic heterocycles. The van der Waals surface area contributed by atoms with Gasteiger partial charge in [0.1, 0.15) is 5.75 Å². The van der Waals surface area contributed by atoms with Crippen molar-refractivity contribution in [1.82, 2.24) is 9.97 Å². The van der Waals surface area contributed by atoms with Gasteiger partial charge in [0.25, 0.3) is 0 Å². The molecule has 20 heavy (non-hydrogen) atoms. The predicted molar refractivity (Wildman–Crippen MR) is 80.6 cm³/mol. The first-order chi connectivity index (χ1) is 9.76. The summed E-state index contributed by atoms with van der Waals surface area (Å²) in [7, 11) is 1.65. The highest BCUT2D eigenvalue weighted by Gasteiger charge is 2.06. The Labute approximate surface area is 117 Å². The lowest BCUT2D eigenvalue weighted by molar-refractivity contribution is 0.415. The summed E-state index contributed by atoms with van der Waals surface area (Å²) in [5.41, 5.74) is 2.78. The zero-order chi connectivity index (χ0) is 13.9. The number of aryl methyl sites for hydroxylation is 1. The average Bonchev–Trinajstić information content (AvgIpc) is 2.47. The summed E-state index contributed by atoms with van der Waals surface area (Å²) >= 11 is 0. The molecule has 4 nitrogen and oxygen atoms in total. The molecule has 0 unspecified atom stereocenters. The number of hydrogen-bond donors (Lipinski definition) is 1. The van der Waals surface area contributed by atoms with E-state index in [1.165, 1.54) is 0 Å². The van der Waals surface area contributed by atoms with Crippen LogP contribution in [-0.4, -0.2) is 17.1 Å². The van der Waals surface area contributed by atoms with E-state index in [4.69, 9.17) is 4.74 Å². The summed E-state index contributed by atoms with van der Waals surface area (Å²) in [4.78, 5) is 9.03. The second kappa shape index (κ2) is 5.17. The van der Waals surface area contributed by atoms with Crippen molar-refractivity contribution in [3.05, 3.63) is 54.2 Å². The predicted octanol–water partition coefficient (Wildman–Crippen LogP) is 3.69. The number of nitrogens with zero attached hydrogens (tertiary/aromatic N) is 2. The van der Waals surface area contributed by atoms with Crippen molar-refractivity contribution in [2.45, 2.75) is 6.92 Å². The van der Waals surface area contributed by atoms with Crippen molar-refractivity contribution in [3.8, 4) is 5.75 Å². The third-order valence-electron chi connectivity index (χ3n) is 3.12. The fraction of sp³-hybridized carbons (Fsp3) is 0.125. The molecule has 1 heterocycles. The number of fused-ring (bicyclic) bond motifs is 1. The van der Waals surface area contributed by atoms with Crippen molar-refractivity contribution in [2.75, 3.05) is 12.4 Å². The minimum Gasteiger partial charge on any atom is -0.497 e. The van der Waals surface area contributed by atoms with Gasteiger partial charge in [-0.1, -0.05) is 18.2 Å².